The van der Waals surface area contributed by atoms with E-state index < -0.39 is 27.9 Å². The Morgan fingerprint density at radius 1 is 0.864 bits per heavy atom. The SMILES string of the molecule is CCC1(C(C)C)C(=O)N([Si](C)(C)C)C(=O)N([Si](C)(C)C)C1=O. The summed E-state index contributed by atoms with van der Waals surface area (Å²) in [5.74, 6) is -0.703. The molecule has 7 heteroatoms. The molecule has 0 aromatic rings. The molecule has 126 valence electrons. The van der Waals surface area contributed by atoms with Crippen LogP contribution in [0.5, 0.6) is 0 Å². The second kappa shape index (κ2) is 5.60. The quantitative estimate of drug-likeness (QED) is 0.580. The van der Waals surface area contributed by atoms with E-state index in [4.69, 9.17) is 0 Å². The van der Waals surface area contributed by atoms with Crippen LogP contribution in [0.3, 0.4) is 0 Å². The van der Waals surface area contributed by atoms with E-state index in [2.05, 4.69) is 0 Å². The normalized spacial score (nSPS) is 20.2. The predicted molar refractivity (Wildman–Crippen MR) is 93.3 cm³/mol. The van der Waals surface area contributed by atoms with Crippen molar-refractivity contribution in [3.05, 3.63) is 0 Å². The number of amides is 4. The second-order valence-corrected chi connectivity index (χ2v) is 18.0. The number of hydrogen-bond donors (Lipinski definition) is 0. The maximum Gasteiger partial charge on any atom is 0.317 e. The average Bonchev–Trinajstić information content (AvgIpc) is 2.24. The van der Waals surface area contributed by atoms with Crippen LogP contribution in [0.15, 0.2) is 0 Å². The van der Waals surface area contributed by atoms with Crippen molar-refractivity contribution in [2.45, 2.75) is 66.5 Å². The summed E-state index contributed by atoms with van der Waals surface area (Å²) in [6.45, 7) is 17.5. The van der Waals surface area contributed by atoms with Crippen molar-refractivity contribution in [1.29, 1.82) is 0 Å². The van der Waals surface area contributed by atoms with Crippen molar-refractivity contribution >= 4 is 34.3 Å². The minimum atomic E-state index is -2.22. The van der Waals surface area contributed by atoms with Gasteiger partial charge in [0.1, 0.15) is 5.41 Å². The molecule has 1 heterocycles. The number of rotatable bonds is 4. The molecule has 0 N–H and O–H groups in total. The van der Waals surface area contributed by atoms with Gasteiger partial charge in [0, 0.05) is 0 Å². The van der Waals surface area contributed by atoms with E-state index in [0.29, 0.717) is 6.42 Å². The molecular formula is C15H30N2O3Si2. The number of hydrogen-bond acceptors (Lipinski definition) is 3. The topological polar surface area (TPSA) is 57.7 Å². The van der Waals surface area contributed by atoms with Gasteiger partial charge >= 0.3 is 6.03 Å². The smallest absolute Gasteiger partial charge is 0.294 e. The van der Waals surface area contributed by atoms with E-state index in [0.717, 1.165) is 0 Å². The van der Waals surface area contributed by atoms with Crippen LogP contribution in [0, 0.1) is 11.3 Å². The first kappa shape index (κ1) is 19.1. The monoisotopic (exact) mass is 342 g/mol. The van der Waals surface area contributed by atoms with Crippen LogP contribution in [0.2, 0.25) is 39.3 Å². The van der Waals surface area contributed by atoms with Crippen LogP contribution < -0.4 is 0 Å². The van der Waals surface area contributed by atoms with E-state index >= 15 is 0 Å². The Bertz CT molecular complexity index is 468. The van der Waals surface area contributed by atoms with Crippen LogP contribution in [-0.4, -0.2) is 43.4 Å². The maximum absolute atomic E-state index is 13.2. The van der Waals surface area contributed by atoms with Crippen LogP contribution in [-0.2, 0) is 9.59 Å². The summed E-state index contributed by atoms with van der Waals surface area (Å²) in [5, 5.41) is 0. The van der Waals surface area contributed by atoms with Gasteiger partial charge in [-0.05, 0) is 12.3 Å². The van der Waals surface area contributed by atoms with Crippen molar-refractivity contribution in [3.8, 4) is 0 Å². The summed E-state index contributed by atoms with van der Waals surface area (Å²) < 4.78 is 2.88. The molecule has 0 aromatic carbocycles. The van der Waals surface area contributed by atoms with Crippen LogP contribution >= 0.6 is 0 Å². The Labute approximate surface area is 136 Å². The molecule has 1 saturated heterocycles. The van der Waals surface area contributed by atoms with Crippen molar-refractivity contribution in [1.82, 2.24) is 9.13 Å². The Balaban J connectivity index is 3.66. The number of imide groups is 2. The van der Waals surface area contributed by atoms with Gasteiger partial charge < -0.3 is 0 Å². The number of carbonyl (C=O) groups is 3. The van der Waals surface area contributed by atoms with Gasteiger partial charge in [0.25, 0.3) is 0 Å². The fraction of sp³-hybridized carbons (Fsp3) is 0.800. The lowest BCUT2D eigenvalue weighted by Crippen LogP contribution is -2.75. The molecule has 0 bridgehead atoms. The van der Waals surface area contributed by atoms with E-state index in [1.54, 1.807) is 0 Å². The fourth-order valence-electron chi connectivity index (χ4n) is 3.15. The highest BCUT2D eigenvalue weighted by atomic mass is 28.3. The zero-order valence-corrected chi connectivity index (χ0v) is 17.4. The van der Waals surface area contributed by atoms with Crippen molar-refractivity contribution in [2.75, 3.05) is 0 Å². The molecule has 1 aliphatic heterocycles. The highest BCUT2D eigenvalue weighted by molar-refractivity contribution is 6.82. The molecule has 0 saturated carbocycles. The molecule has 22 heavy (non-hydrogen) atoms. The summed E-state index contributed by atoms with van der Waals surface area (Å²) in [6, 6.07) is -0.391. The number of nitrogens with zero attached hydrogens (tertiary/aromatic N) is 2. The third-order valence-electron chi connectivity index (χ3n) is 4.44. The van der Waals surface area contributed by atoms with Gasteiger partial charge in [-0.1, -0.05) is 60.1 Å². The first-order valence-electron chi connectivity index (χ1n) is 7.96. The second-order valence-electron chi connectivity index (χ2n) is 8.38. The van der Waals surface area contributed by atoms with Gasteiger partial charge in [0.15, 0.2) is 16.5 Å². The minimum Gasteiger partial charge on any atom is -0.294 e. The number of carbonyl (C=O) groups excluding carboxylic acids is 3. The molecule has 1 fully saturated rings. The van der Waals surface area contributed by atoms with Crippen LogP contribution in [0.1, 0.15) is 27.2 Å². The summed E-state index contributed by atoms with van der Waals surface area (Å²) in [7, 11) is -4.44. The molecule has 0 atom stereocenters. The Hall–Kier alpha value is -0.956. The zero-order chi connectivity index (χ0) is 17.7. The Morgan fingerprint density at radius 2 is 1.18 bits per heavy atom. The van der Waals surface area contributed by atoms with E-state index in [1.807, 2.05) is 60.1 Å². The fourth-order valence-corrected chi connectivity index (χ4v) is 6.22. The standard InChI is InChI=1S/C15H30N2O3Si2/c1-10-15(11(2)3)12(18)16(21(4,5)6)14(20)17(13(15)19)22(7,8)9/h11H,10H2,1-9H3. The molecule has 5 nitrogen and oxygen atoms in total. The Kier molecular flexibility index (Phi) is 4.86. The highest BCUT2D eigenvalue weighted by Gasteiger charge is 2.61. The van der Waals surface area contributed by atoms with Gasteiger partial charge in [-0.3, -0.25) is 18.7 Å². The lowest BCUT2D eigenvalue weighted by molar-refractivity contribution is -0.156. The molecular weight excluding hydrogens is 312 g/mol. The van der Waals surface area contributed by atoms with Crippen LogP contribution in [0.4, 0.5) is 4.79 Å². The third-order valence-corrected chi connectivity index (χ3v) is 7.91. The van der Waals surface area contributed by atoms with E-state index in [1.165, 1.54) is 9.13 Å². The van der Waals surface area contributed by atoms with Gasteiger partial charge in [0.2, 0.25) is 11.8 Å². The van der Waals surface area contributed by atoms with Crippen molar-refractivity contribution < 1.29 is 14.4 Å². The Morgan fingerprint density at radius 3 is 1.36 bits per heavy atom. The van der Waals surface area contributed by atoms with Gasteiger partial charge in [-0.15, -0.1) is 0 Å². The van der Waals surface area contributed by atoms with Gasteiger partial charge in [-0.2, -0.15) is 0 Å². The summed E-state index contributed by atoms with van der Waals surface area (Å²) >= 11 is 0. The molecule has 0 aliphatic carbocycles. The van der Waals surface area contributed by atoms with E-state index in [9.17, 15) is 14.4 Å². The predicted octanol–water partition coefficient (Wildman–Crippen LogP) is 3.50. The number of barbiturate groups is 1. The lowest BCUT2D eigenvalue weighted by Gasteiger charge is -2.52. The van der Waals surface area contributed by atoms with Gasteiger partial charge in [0.05, 0.1) is 0 Å². The van der Waals surface area contributed by atoms with Crippen LogP contribution in [0.25, 0.3) is 0 Å². The average molecular weight is 343 g/mol. The molecule has 4 amide bonds. The van der Waals surface area contributed by atoms with Crippen molar-refractivity contribution in [3.63, 3.8) is 0 Å². The van der Waals surface area contributed by atoms with E-state index in [-0.39, 0.29) is 17.7 Å². The highest BCUT2D eigenvalue weighted by Crippen LogP contribution is 2.42. The summed E-state index contributed by atoms with van der Waals surface area (Å²) in [4.78, 5) is 39.3. The summed E-state index contributed by atoms with van der Waals surface area (Å²) in [5.41, 5.74) is -1.10. The largest absolute Gasteiger partial charge is 0.317 e. The third kappa shape index (κ3) is 2.69. The minimum absolute atomic E-state index is 0.136. The molecule has 1 rings (SSSR count). The molecule has 0 unspecified atom stereocenters. The molecule has 1 aliphatic rings. The summed E-state index contributed by atoms with van der Waals surface area (Å²) in [6.07, 6.45) is 0.428. The molecule has 0 aromatic heterocycles. The van der Waals surface area contributed by atoms with Gasteiger partial charge in [-0.25, -0.2) is 4.79 Å². The molecule has 0 radical (unpaired) electrons. The first-order valence-corrected chi connectivity index (χ1v) is 14.9. The first-order chi connectivity index (χ1) is 9.72. The maximum atomic E-state index is 13.2. The number of urea groups is 1. The van der Waals surface area contributed by atoms with Crippen molar-refractivity contribution in [2.24, 2.45) is 11.3 Å². The lowest BCUT2D eigenvalue weighted by atomic mass is 9.72. The zero-order valence-electron chi connectivity index (χ0n) is 15.4. The molecule has 0 spiro atoms.